The Balaban J connectivity index is 1.38. The predicted molar refractivity (Wildman–Crippen MR) is 104 cm³/mol. The van der Waals surface area contributed by atoms with Crippen LogP contribution < -0.4 is 5.32 Å². The van der Waals surface area contributed by atoms with E-state index in [-0.39, 0.29) is 5.91 Å². The molecule has 0 aliphatic rings. The number of nitrogens with zero attached hydrogens (tertiary/aromatic N) is 4. The van der Waals surface area contributed by atoms with Gasteiger partial charge in [0.1, 0.15) is 10.9 Å². The number of aryl methyl sites for hydroxylation is 2. The lowest BCUT2D eigenvalue weighted by atomic mass is 10.3. The third-order valence-electron chi connectivity index (χ3n) is 4.08. The first kappa shape index (κ1) is 18.4. The molecule has 0 unspecified atom stereocenters. The summed E-state index contributed by atoms with van der Waals surface area (Å²) < 4.78 is 2.14. The molecular formula is C19H23N5OS. The van der Waals surface area contributed by atoms with Gasteiger partial charge in [-0.1, -0.05) is 6.92 Å². The van der Waals surface area contributed by atoms with E-state index in [2.05, 4.69) is 31.8 Å². The second kappa shape index (κ2) is 9.33. The van der Waals surface area contributed by atoms with Crippen molar-refractivity contribution in [2.75, 3.05) is 12.3 Å². The molecular weight excluding hydrogens is 346 g/mol. The van der Waals surface area contributed by atoms with Crippen LogP contribution in [0.3, 0.4) is 0 Å². The molecule has 1 N–H and O–H groups in total. The largest absolute Gasteiger partial charge is 0.356 e. The Morgan fingerprint density at radius 3 is 3.00 bits per heavy atom. The van der Waals surface area contributed by atoms with Gasteiger partial charge < -0.3 is 9.88 Å². The number of imidazole rings is 1. The van der Waals surface area contributed by atoms with E-state index in [4.69, 9.17) is 0 Å². The van der Waals surface area contributed by atoms with Crippen LogP contribution in [0.25, 0.3) is 10.9 Å². The van der Waals surface area contributed by atoms with E-state index in [9.17, 15) is 4.79 Å². The lowest BCUT2D eigenvalue weighted by molar-refractivity contribution is -0.120. The number of carbonyl (C=O) groups is 1. The van der Waals surface area contributed by atoms with Gasteiger partial charge in [0, 0.05) is 61.9 Å². The van der Waals surface area contributed by atoms with Crippen molar-refractivity contribution >= 4 is 28.6 Å². The Morgan fingerprint density at radius 2 is 2.12 bits per heavy atom. The summed E-state index contributed by atoms with van der Waals surface area (Å²) in [6, 6.07) is 5.82. The second-order valence-electron chi connectivity index (χ2n) is 5.88. The maximum atomic E-state index is 12.0. The van der Waals surface area contributed by atoms with Gasteiger partial charge in [-0.2, -0.15) is 0 Å². The summed E-state index contributed by atoms with van der Waals surface area (Å²) in [5.41, 5.74) is 0.931. The first-order valence-electron chi connectivity index (χ1n) is 8.87. The van der Waals surface area contributed by atoms with E-state index >= 15 is 0 Å². The van der Waals surface area contributed by atoms with Crippen molar-refractivity contribution in [3.8, 4) is 0 Å². The van der Waals surface area contributed by atoms with Crippen LogP contribution >= 0.6 is 11.8 Å². The highest BCUT2D eigenvalue weighted by Crippen LogP contribution is 2.24. The maximum absolute atomic E-state index is 12.0. The normalized spacial score (nSPS) is 11.0. The van der Waals surface area contributed by atoms with Gasteiger partial charge in [-0.3, -0.25) is 9.78 Å². The number of thioether (sulfide) groups is 1. The third-order valence-corrected chi connectivity index (χ3v) is 5.08. The quantitative estimate of drug-likeness (QED) is 0.463. The van der Waals surface area contributed by atoms with Crippen molar-refractivity contribution in [1.82, 2.24) is 24.8 Å². The first-order valence-corrected chi connectivity index (χ1v) is 9.85. The van der Waals surface area contributed by atoms with Gasteiger partial charge in [-0.25, -0.2) is 9.97 Å². The Labute approximate surface area is 157 Å². The highest BCUT2D eigenvalue weighted by atomic mass is 32.2. The van der Waals surface area contributed by atoms with Crippen LogP contribution in [0.4, 0.5) is 0 Å². The molecule has 0 aliphatic carbocycles. The predicted octanol–water partition coefficient (Wildman–Crippen LogP) is 3.08. The smallest absolute Gasteiger partial charge is 0.220 e. The first-order chi connectivity index (χ1) is 12.8. The highest BCUT2D eigenvalue weighted by Gasteiger charge is 2.06. The zero-order valence-corrected chi connectivity index (χ0v) is 15.7. The number of hydrogen-bond acceptors (Lipinski definition) is 5. The monoisotopic (exact) mass is 369 g/mol. The van der Waals surface area contributed by atoms with Crippen LogP contribution in [0, 0.1) is 0 Å². The maximum Gasteiger partial charge on any atom is 0.220 e. The zero-order chi connectivity index (χ0) is 18.2. The van der Waals surface area contributed by atoms with Crippen molar-refractivity contribution in [2.45, 2.75) is 37.8 Å². The summed E-state index contributed by atoms with van der Waals surface area (Å²) in [6.45, 7) is 3.66. The lowest BCUT2D eigenvalue weighted by Gasteiger charge is -2.08. The summed E-state index contributed by atoms with van der Waals surface area (Å²) in [4.78, 5) is 25.0. The number of carbonyl (C=O) groups excluding carboxylic acids is 1. The average Bonchev–Trinajstić information content (AvgIpc) is 3.13. The van der Waals surface area contributed by atoms with E-state index < -0.39 is 0 Å². The van der Waals surface area contributed by atoms with Crippen LogP contribution in [0.15, 0.2) is 48.0 Å². The van der Waals surface area contributed by atoms with Gasteiger partial charge in [-0.05, 0) is 24.6 Å². The summed E-state index contributed by atoms with van der Waals surface area (Å²) in [5, 5.41) is 4.95. The molecule has 0 fully saturated rings. The van der Waals surface area contributed by atoms with Crippen molar-refractivity contribution in [3.63, 3.8) is 0 Å². The number of fused-ring (bicyclic) bond motifs is 1. The second-order valence-corrected chi connectivity index (χ2v) is 6.96. The average molecular weight is 369 g/mol. The van der Waals surface area contributed by atoms with Crippen LogP contribution in [0.5, 0.6) is 0 Å². The van der Waals surface area contributed by atoms with Crippen molar-refractivity contribution < 1.29 is 4.79 Å². The van der Waals surface area contributed by atoms with Gasteiger partial charge >= 0.3 is 0 Å². The number of nitrogens with one attached hydrogen (secondary N) is 1. The van der Waals surface area contributed by atoms with E-state index in [1.807, 2.05) is 30.6 Å². The van der Waals surface area contributed by atoms with E-state index in [1.54, 1.807) is 24.2 Å². The van der Waals surface area contributed by atoms with Crippen LogP contribution in [0.2, 0.25) is 0 Å². The minimum Gasteiger partial charge on any atom is -0.356 e. The van der Waals surface area contributed by atoms with Crippen LogP contribution in [0.1, 0.15) is 25.6 Å². The fraction of sp³-hybridized carbons (Fsp3) is 0.368. The van der Waals surface area contributed by atoms with E-state index in [0.29, 0.717) is 18.7 Å². The number of aromatic nitrogens is 4. The van der Waals surface area contributed by atoms with Gasteiger partial charge in [0.2, 0.25) is 5.91 Å². The molecule has 0 spiro atoms. The molecule has 3 aromatic rings. The molecule has 136 valence electrons. The molecule has 0 aromatic carbocycles. The fourth-order valence-corrected chi connectivity index (χ4v) is 3.70. The fourth-order valence-electron chi connectivity index (χ4n) is 2.76. The number of pyridine rings is 2. The summed E-state index contributed by atoms with van der Waals surface area (Å²) >= 11 is 1.60. The minimum absolute atomic E-state index is 0.0807. The number of amides is 1. The molecule has 0 aliphatic heterocycles. The standard InChI is InChI=1S/C19H23N5OS/c1-2-17-21-11-13-24(17)12-4-9-22-18(25)7-14-26-19-15-5-3-8-20-16(15)6-10-23-19/h3,5-6,8,10-11,13H,2,4,7,9,12,14H2,1H3,(H,22,25). The molecule has 1 amide bonds. The third kappa shape index (κ3) is 4.82. The van der Waals surface area contributed by atoms with Gasteiger partial charge in [0.05, 0.1) is 5.52 Å². The molecule has 0 saturated heterocycles. The minimum atomic E-state index is 0.0807. The Morgan fingerprint density at radius 1 is 1.19 bits per heavy atom. The van der Waals surface area contributed by atoms with Crippen molar-refractivity contribution in [3.05, 3.63) is 48.8 Å². The molecule has 7 heteroatoms. The highest BCUT2D eigenvalue weighted by molar-refractivity contribution is 7.99. The van der Waals surface area contributed by atoms with E-state index in [1.165, 1.54) is 0 Å². The molecule has 0 bridgehead atoms. The zero-order valence-electron chi connectivity index (χ0n) is 14.9. The topological polar surface area (TPSA) is 72.7 Å². The van der Waals surface area contributed by atoms with Crippen molar-refractivity contribution in [2.24, 2.45) is 0 Å². The number of hydrogen-bond donors (Lipinski definition) is 1. The summed E-state index contributed by atoms with van der Waals surface area (Å²) in [5.74, 6) is 1.87. The SMILES string of the molecule is CCc1nccn1CCCNC(=O)CCSc1nccc2ncccc12. The van der Waals surface area contributed by atoms with Crippen LogP contribution in [-0.2, 0) is 17.8 Å². The Hall–Kier alpha value is -2.41. The number of rotatable bonds is 9. The Bertz CT molecular complexity index is 859. The molecule has 0 radical (unpaired) electrons. The van der Waals surface area contributed by atoms with E-state index in [0.717, 1.165) is 41.1 Å². The van der Waals surface area contributed by atoms with Crippen molar-refractivity contribution in [1.29, 1.82) is 0 Å². The van der Waals surface area contributed by atoms with Gasteiger partial charge in [0.25, 0.3) is 0 Å². The molecule has 0 atom stereocenters. The summed E-state index contributed by atoms with van der Waals surface area (Å²) in [7, 11) is 0. The molecule has 6 nitrogen and oxygen atoms in total. The Kier molecular flexibility index (Phi) is 6.60. The molecule has 3 aromatic heterocycles. The lowest BCUT2D eigenvalue weighted by Crippen LogP contribution is -2.25. The molecule has 0 saturated carbocycles. The molecule has 3 heterocycles. The molecule has 26 heavy (non-hydrogen) atoms. The van der Waals surface area contributed by atoms with Gasteiger partial charge in [-0.15, -0.1) is 11.8 Å². The summed E-state index contributed by atoms with van der Waals surface area (Å²) in [6.07, 6.45) is 9.66. The van der Waals surface area contributed by atoms with Gasteiger partial charge in [0.15, 0.2) is 0 Å². The molecule has 3 rings (SSSR count). The van der Waals surface area contributed by atoms with Crippen LogP contribution in [-0.4, -0.2) is 37.7 Å².